The number of halogens is 2. The molecule has 0 bridgehead atoms. The minimum atomic E-state index is -0.162. The van der Waals surface area contributed by atoms with Gasteiger partial charge in [0, 0.05) is 10.2 Å². The first-order chi connectivity index (χ1) is 9.61. The molecule has 0 spiro atoms. The number of ether oxygens (including phenoxy) is 1. The maximum absolute atomic E-state index is 12.1. The van der Waals surface area contributed by atoms with Gasteiger partial charge in [0.25, 0.3) is 5.91 Å². The van der Waals surface area contributed by atoms with E-state index in [-0.39, 0.29) is 5.91 Å². The molecule has 3 nitrogen and oxygen atoms in total. The number of anilines is 1. The van der Waals surface area contributed by atoms with Crippen molar-refractivity contribution in [1.29, 1.82) is 0 Å². The maximum Gasteiger partial charge on any atom is 0.266 e. The van der Waals surface area contributed by atoms with E-state index in [4.69, 9.17) is 16.3 Å². The van der Waals surface area contributed by atoms with E-state index < -0.39 is 0 Å². The normalized spacial score (nSPS) is 10.3. The van der Waals surface area contributed by atoms with Crippen LogP contribution in [0.3, 0.4) is 0 Å². The zero-order valence-corrected chi connectivity index (χ0v) is 13.9. The molecule has 0 aliphatic rings. The van der Waals surface area contributed by atoms with Gasteiger partial charge in [-0.2, -0.15) is 0 Å². The molecule has 2 rings (SSSR count). The molecule has 1 amide bonds. The van der Waals surface area contributed by atoms with Crippen LogP contribution in [-0.4, -0.2) is 12.5 Å². The molecule has 106 valence electrons. The summed E-state index contributed by atoms with van der Waals surface area (Å²) in [6.45, 7) is 2.65. The molecule has 0 unspecified atom stereocenters. The number of benzene rings is 1. The molecule has 0 radical (unpaired) electrons. The first kappa shape index (κ1) is 15.4. The highest BCUT2D eigenvalue weighted by atomic mass is 79.9. The van der Waals surface area contributed by atoms with Crippen LogP contribution in [0.1, 0.15) is 23.0 Å². The summed E-state index contributed by atoms with van der Waals surface area (Å²) < 4.78 is 6.27. The highest BCUT2D eigenvalue weighted by molar-refractivity contribution is 9.10. The van der Waals surface area contributed by atoms with E-state index in [1.165, 1.54) is 11.3 Å². The molecule has 0 atom stereocenters. The van der Waals surface area contributed by atoms with Crippen molar-refractivity contribution in [3.05, 3.63) is 44.0 Å². The molecule has 1 N–H and O–H groups in total. The summed E-state index contributed by atoms with van der Waals surface area (Å²) in [6.07, 6.45) is 0.918. The van der Waals surface area contributed by atoms with E-state index in [0.717, 1.165) is 10.9 Å². The van der Waals surface area contributed by atoms with Gasteiger partial charge in [-0.15, -0.1) is 11.3 Å². The van der Waals surface area contributed by atoms with Crippen LogP contribution in [-0.2, 0) is 0 Å². The number of rotatable bonds is 5. The Morgan fingerprint density at radius 1 is 1.45 bits per heavy atom. The van der Waals surface area contributed by atoms with E-state index in [9.17, 15) is 4.79 Å². The predicted molar refractivity (Wildman–Crippen MR) is 87.2 cm³/mol. The molecular weight excluding hydrogens is 362 g/mol. The molecule has 0 aliphatic heterocycles. The van der Waals surface area contributed by atoms with Gasteiger partial charge in [-0.1, -0.05) is 18.5 Å². The van der Waals surface area contributed by atoms with Crippen LogP contribution in [0.5, 0.6) is 5.75 Å². The number of hydrogen-bond acceptors (Lipinski definition) is 3. The molecule has 0 saturated heterocycles. The molecule has 0 aliphatic carbocycles. The molecule has 0 saturated carbocycles. The number of thiophene rings is 1. The van der Waals surface area contributed by atoms with Gasteiger partial charge in [-0.3, -0.25) is 4.79 Å². The lowest BCUT2D eigenvalue weighted by atomic mass is 10.3. The van der Waals surface area contributed by atoms with Crippen LogP contribution < -0.4 is 10.1 Å². The SMILES string of the molecule is CCCOc1ccc(NC(=O)c2sccc2Br)cc1Cl. The number of carbonyl (C=O) groups is 1. The average molecular weight is 375 g/mol. The van der Waals surface area contributed by atoms with E-state index in [2.05, 4.69) is 21.2 Å². The van der Waals surface area contributed by atoms with Crippen LogP contribution in [0.25, 0.3) is 0 Å². The minimum Gasteiger partial charge on any atom is -0.492 e. The highest BCUT2D eigenvalue weighted by Crippen LogP contribution is 2.29. The standard InChI is InChI=1S/C14H13BrClNO2S/c1-2-6-19-12-4-3-9(8-11(12)16)17-14(18)13-10(15)5-7-20-13/h3-5,7-8H,2,6H2,1H3,(H,17,18). The first-order valence-corrected chi connectivity index (χ1v) is 8.13. The summed E-state index contributed by atoms with van der Waals surface area (Å²) in [5.41, 5.74) is 0.643. The molecule has 20 heavy (non-hydrogen) atoms. The van der Waals surface area contributed by atoms with Gasteiger partial charge in [-0.25, -0.2) is 0 Å². The topological polar surface area (TPSA) is 38.3 Å². The largest absolute Gasteiger partial charge is 0.492 e. The second kappa shape index (κ2) is 7.11. The zero-order chi connectivity index (χ0) is 14.5. The first-order valence-electron chi connectivity index (χ1n) is 6.08. The molecular formula is C14H13BrClNO2S. The lowest BCUT2D eigenvalue weighted by Gasteiger charge is -2.09. The Kier molecular flexibility index (Phi) is 5.46. The quantitative estimate of drug-likeness (QED) is 0.780. The van der Waals surface area contributed by atoms with E-state index in [1.807, 2.05) is 18.4 Å². The average Bonchev–Trinajstić information content (AvgIpc) is 2.84. The molecule has 0 fully saturated rings. The van der Waals surface area contributed by atoms with Crippen LogP contribution in [0.2, 0.25) is 5.02 Å². The second-order valence-corrected chi connectivity index (χ2v) is 6.22. The summed E-state index contributed by atoms with van der Waals surface area (Å²) in [4.78, 5) is 12.7. The van der Waals surface area contributed by atoms with E-state index >= 15 is 0 Å². The molecule has 1 heterocycles. The predicted octanol–water partition coefficient (Wildman–Crippen LogP) is 5.21. The molecule has 2 aromatic rings. The Labute approximate surface area is 135 Å². The van der Waals surface area contributed by atoms with Crippen molar-refractivity contribution in [1.82, 2.24) is 0 Å². The van der Waals surface area contributed by atoms with Crippen molar-refractivity contribution in [2.75, 3.05) is 11.9 Å². The number of nitrogens with one attached hydrogen (secondary N) is 1. The summed E-state index contributed by atoms with van der Waals surface area (Å²) in [5.74, 6) is 0.467. The van der Waals surface area contributed by atoms with E-state index in [0.29, 0.717) is 27.9 Å². The third-order valence-corrected chi connectivity index (χ3v) is 4.61. The monoisotopic (exact) mass is 373 g/mol. The van der Waals surface area contributed by atoms with E-state index in [1.54, 1.807) is 18.2 Å². The zero-order valence-electron chi connectivity index (χ0n) is 10.8. The van der Waals surface area contributed by atoms with Gasteiger partial charge in [0.05, 0.1) is 11.6 Å². The van der Waals surface area contributed by atoms with Crippen molar-refractivity contribution in [2.45, 2.75) is 13.3 Å². The minimum absolute atomic E-state index is 0.162. The van der Waals surface area contributed by atoms with Gasteiger partial charge in [0.15, 0.2) is 0 Å². The fraction of sp³-hybridized carbons (Fsp3) is 0.214. The van der Waals surface area contributed by atoms with Crippen LogP contribution in [0, 0.1) is 0 Å². The highest BCUT2D eigenvalue weighted by Gasteiger charge is 2.12. The lowest BCUT2D eigenvalue weighted by molar-refractivity contribution is 0.103. The van der Waals surface area contributed by atoms with Gasteiger partial charge >= 0.3 is 0 Å². The van der Waals surface area contributed by atoms with Crippen molar-refractivity contribution in [3.8, 4) is 5.75 Å². The third kappa shape index (κ3) is 3.75. The molecule has 1 aromatic carbocycles. The number of hydrogen-bond donors (Lipinski definition) is 1. The fourth-order valence-electron chi connectivity index (χ4n) is 1.55. The second-order valence-electron chi connectivity index (χ2n) is 4.05. The van der Waals surface area contributed by atoms with Gasteiger partial charge in [0.1, 0.15) is 10.6 Å². The number of carbonyl (C=O) groups excluding carboxylic acids is 1. The van der Waals surface area contributed by atoms with Crippen LogP contribution in [0.4, 0.5) is 5.69 Å². The fourth-order valence-corrected chi connectivity index (χ4v) is 3.23. The summed E-state index contributed by atoms with van der Waals surface area (Å²) >= 11 is 10.8. The maximum atomic E-state index is 12.1. The molecule has 1 aromatic heterocycles. The van der Waals surface area contributed by atoms with Gasteiger partial charge in [0.2, 0.25) is 0 Å². The van der Waals surface area contributed by atoms with Crippen molar-refractivity contribution in [2.24, 2.45) is 0 Å². The summed E-state index contributed by atoms with van der Waals surface area (Å²) in [6, 6.07) is 7.06. The Morgan fingerprint density at radius 3 is 2.85 bits per heavy atom. The lowest BCUT2D eigenvalue weighted by Crippen LogP contribution is -2.10. The Hall–Kier alpha value is -1.04. The number of amides is 1. The third-order valence-electron chi connectivity index (χ3n) is 2.47. The Balaban J connectivity index is 2.09. The van der Waals surface area contributed by atoms with Crippen molar-refractivity contribution >= 4 is 50.5 Å². The smallest absolute Gasteiger partial charge is 0.266 e. The van der Waals surface area contributed by atoms with Gasteiger partial charge in [-0.05, 0) is 52.0 Å². The summed E-state index contributed by atoms with van der Waals surface area (Å²) in [7, 11) is 0. The van der Waals surface area contributed by atoms with Gasteiger partial charge < -0.3 is 10.1 Å². The van der Waals surface area contributed by atoms with Crippen LogP contribution in [0.15, 0.2) is 34.1 Å². The Bertz CT molecular complexity index is 615. The van der Waals surface area contributed by atoms with Crippen molar-refractivity contribution in [3.63, 3.8) is 0 Å². The Morgan fingerprint density at radius 2 is 2.25 bits per heavy atom. The molecule has 6 heteroatoms. The van der Waals surface area contributed by atoms with Crippen molar-refractivity contribution < 1.29 is 9.53 Å². The van der Waals surface area contributed by atoms with Crippen LogP contribution >= 0.6 is 38.9 Å². The summed E-state index contributed by atoms with van der Waals surface area (Å²) in [5, 5.41) is 5.15.